The maximum atomic E-state index is 13.2. The first-order valence-corrected chi connectivity index (χ1v) is 9.00. The van der Waals surface area contributed by atoms with E-state index in [1.54, 1.807) is 12.4 Å². The van der Waals surface area contributed by atoms with Crippen LogP contribution >= 0.6 is 0 Å². The summed E-state index contributed by atoms with van der Waals surface area (Å²) in [5.41, 5.74) is 2.92. The fraction of sp³-hybridized carbons (Fsp3) is 0.130. The number of hydrogen-bond donors (Lipinski definition) is 0. The number of fused-ring (bicyclic) bond motifs is 1. The van der Waals surface area contributed by atoms with E-state index in [9.17, 15) is 4.79 Å². The van der Waals surface area contributed by atoms with E-state index in [-0.39, 0.29) is 5.91 Å². The fourth-order valence-corrected chi connectivity index (χ4v) is 3.12. The second-order valence-corrected chi connectivity index (χ2v) is 6.47. The van der Waals surface area contributed by atoms with Gasteiger partial charge in [-0.05, 0) is 35.7 Å². The SMILES string of the molecule is O=C(c1cc2ccccc2o1)N(CCc1ccccc1)Cc1cccnc1. The molecule has 0 aliphatic rings. The summed E-state index contributed by atoms with van der Waals surface area (Å²) in [6, 6.07) is 23.5. The fourth-order valence-electron chi connectivity index (χ4n) is 3.12. The molecule has 4 heteroatoms. The van der Waals surface area contributed by atoms with E-state index >= 15 is 0 Å². The summed E-state index contributed by atoms with van der Waals surface area (Å²) in [6.45, 7) is 1.10. The molecule has 0 aliphatic carbocycles. The number of para-hydroxylation sites is 1. The molecule has 0 bridgehead atoms. The summed E-state index contributed by atoms with van der Waals surface area (Å²) >= 11 is 0. The minimum Gasteiger partial charge on any atom is -0.451 e. The van der Waals surface area contributed by atoms with Gasteiger partial charge in [-0.2, -0.15) is 0 Å². The molecule has 0 spiro atoms. The average molecular weight is 356 g/mol. The van der Waals surface area contributed by atoms with Crippen LogP contribution in [0.1, 0.15) is 21.7 Å². The Morgan fingerprint density at radius 2 is 1.70 bits per heavy atom. The maximum Gasteiger partial charge on any atom is 0.289 e. The van der Waals surface area contributed by atoms with Crippen molar-refractivity contribution in [2.75, 3.05) is 6.54 Å². The van der Waals surface area contributed by atoms with E-state index in [1.165, 1.54) is 5.56 Å². The second-order valence-electron chi connectivity index (χ2n) is 6.47. The number of pyridine rings is 1. The highest BCUT2D eigenvalue weighted by Crippen LogP contribution is 2.21. The van der Waals surface area contributed by atoms with Gasteiger partial charge in [0.1, 0.15) is 5.58 Å². The zero-order chi connectivity index (χ0) is 18.5. The molecule has 0 unspecified atom stereocenters. The first kappa shape index (κ1) is 17.0. The third-order valence-corrected chi connectivity index (χ3v) is 4.53. The van der Waals surface area contributed by atoms with Crippen molar-refractivity contribution in [2.45, 2.75) is 13.0 Å². The van der Waals surface area contributed by atoms with Crippen LogP contribution in [-0.4, -0.2) is 22.3 Å². The molecule has 0 N–H and O–H groups in total. The van der Waals surface area contributed by atoms with Crippen molar-refractivity contribution in [3.8, 4) is 0 Å². The Morgan fingerprint density at radius 1 is 0.926 bits per heavy atom. The largest absolute Gasteiger partial charge is 0.451 e. The van der Waals surface area contributed by atoms with Gasteiger partial charge < -0.3 is 9.32 Å². The van der Waals surface area contributed by atoms with Crippen LogP contribution in [0, 0.1) is 0 Å². The number of amides is 1. The normalized spacial score (nSPS) is 10.8. The number of furan rings is 1. The maximum absolute atomic E-state index is 13.2. The average Bonchev–Trinajstić information content (AvgIpc) is 3.16. The van der Waals surface area contributed by atoms with Crippen molar-refractivity contribution < 1.29 is 9.21 Å². The van der Waals surface area contributed by atoms with Gasteiger partial charge in [-0.25, -0.2) is 0 Å². The van der Waals surface area contributed by atoms with Crippen LogP contribution in [0.2, 0.25) is 0 Å². The minimum atomic E-state index is -0.106. The highest BCUT2D eigenvalue weighted by atomic mass is 16.3. The number of rotatable bonds is 6. The Balaban J connectivity index is 1.58. The molecule has 134 valence electrons. The molecular formula is C23H20N2O2. The van der Waals surface area contributed by atoms with Gasteiger partial charge in [0.25, 0.3) is 5.91 Å². The molecule has 2 heterocycles. The third-order valence-electron chi connectivity index (χ3n) is 4.53. The van der Waals surface area contributed by atoms with Crippen molar-refractivity contribution >= 4 is 16.9 Å². The van der Waals surface area contributed by atoms with Crippen LogP contribution in [0.15, 0.2) is 89.6 Å². The van der Waals surface area contributed by atoms with Crippen LogP contribution < -0.4 is 0 Å². The van der Waals surface area contributed by atoms with Crippen molar-refractivity contribution in [1.82, 2.24) is 9.88 Å². The quantitative estimate of drug-likeness (QED) is 0.502. The predicted molar refractivity (Wildman–Crippen MR) is 105 cm³/mol. The highest BCUT2D eigenvalue weighted by molar-refractivity contribution is 5.96. The summed E-state index contributed by atoms with van der Waals surface area (Å²) in [7, 11) is 0. The van der Waals surface area contributed by atoms with Crippen molar-refractivity contribution in [2.24, 2.45) is 0 Å². The molecule has 0 aliphatic heterocycles. The van der Waals surface area contributed by atoms with Gasteiger partial charge in [0.15, 0.2) is 5.76 Å². The number of hydrogen-bond acceptors (Lipinski definition) is 3. The molecule has 2 aromatic heterocycles. The van der Waals surface area contributed by atoms with Gasteiger partial charge >= 0.3 is 0 Å². The standard InChI is InChI=1S/C23H20N2O2/c26-23(22-15-20-10-4-5-11-21(20)27-22)25(17-19-9-6-13-24-16-19)14-12-18-7-2-1-3-8-18/h1-11,13,15-16H,12,14,17H2. The molecule has 0 fully saturated rings. The van der Waals surface area contributed by atoms with Gasteiger partial charge in [0, 0.05) is 30.9 Å². The number of carbonyl (C=O) groups excluding carboxylic acids is 1. The molecule has 1 amide bonds. The predicted octanol–water partition coefficient (Wildman–Crippen LogP) is 4.71. The van der Waals surface area contributed by atoms with Crippen LogP contribution in [0.3, 0.4) is 0 Å². The summed E-state index contributed by atoms with van der Waals surface area (Å²) < 4.78 is 5.79. The van der Waals surface area contributed by atoms with Crippen LogP contribution in [0.5, 0.6) is 0 Å². The van der Waals surface area contributed by atoms with Gasteiger partial charge in [-0.3, -0.25) is 9.78 Å². The van der Waals surface area contributed by atoms with E-state index in [1.807, 2.05) is 65.6 Å². The number of benzene rings is 2. The molecule has 4 rings (SSSR count). The van der Waals surface area contributed by atoms with E-state index in [0.29, 0.717) is 18.8 Å². The van der Waals surface area contributed by atoms with Gasteiger partial charge in [-0.1, -0.05) is 54.6 Å². The van der Waals surface area contributed by atoms with Crippen LogP contribution in [0.25, 0.3) is 11.0 Å². The molecular weight excluding hydrogens is 336 g/mol. The lowest BCUT2D eigenvalue weighted by molar-refractivity contribution is 0.0715. The number of nitrogens with zero attached hydrogens (tertiary/aromatic N) is 2. The second kappa shape index (κ2) is 7.87. The Morgan fingerprint density at radius 3 is 2.48 bits per heavy atom. The first-order valence-electron chi connectivity index (χ1n) is 9.00. The summed E-state index contributed by atoms with van der Waals surface area (Å²) in [6.07, 6.45) is 4.31. The Labute approximate surface area is 158 Å². The molecule has 4 nitrogen and oxygen atoms in total. The minimum absolute atomic E-state index is 0.106. The van der Waals surface area contributed by atoms with Gasteiger partial charge in [0.05, 0.1) is 0 Å². The van der Waals surface area contributed by atoms with Gasteiger partial charge in [0.2, 0.25) is 0 Å². The lowest BCUT2D eigenvalue weighted by atomic mass is 10.1. The van der Waals surface area contributed by atoms with E-state index in [2.05, 4.69) is 17.1 Å². The van der Waals surface area contributed by atoms with Crippen molar-refractivity contribution in [3.63, 3.8) is 0 Å². The molecule has 0 radical (unpaired) electrons. The third kappa shape index (κ3) is 4.06. The smallest absolute Gasteiger partial charge is 0.289 e. The molecule has 0 saturated heterocycles. The number of carbonyl (C=O) groups is 1. The van der Waals surface area contributed by atoms with E-state index < -0.39 is 0 Å². The van der Waals surface area contributed by atoms with Crippen LogP contribution in [-0.2, 0) is 13.0 Å². The molecule has 4 aromatic rings. The lowest BCUT2D eigenvalue weighted by Gasteiger charge is -2.21. The topological polar surface area (TPSA) is 46.3 Å². The summed E-state index contributed by atoms with van der Waals surface area (Å²) in [5.74, 6) is 0.263. The molecule has 27 heavy (non-hydrogen) atoms. The molecule has 0 atom stereocenters. The Bertz CT molecular complexity index is 993. The van der Waals surface area contributed by atoms with E-state index in [4.69, 9.17) is 4.42 Å². The van der Waals surface area contributed by atoms with Crippen molar-refractivity contribution in [3.05, 3.63) is 102 Å². The number of aromatic nitrogens is 1. The Kier molecular flexibility index (Phi) is 4.97. The lowest BCUT2D eigenvalue weighted by Crippen LogP contribution is -2.32. The summed E-state index contributed by atoms with van der Waals surface area (Å²) in [5, 5.41) is 0.935. The molecule has 0 saturated carbocycles. The van der Waals surface area contributed by atoms with Gasteiger partial charge in [-0.15, -0.1) is 0 Å². The zero-order valence-corrected chi connectivity index (χ0v) is 14.9. The van der Waals surface area contributed by atoms with E-state index in [0.717, 1.165) is 23.0 Å². The Hall–Kier alpha value is -3.40. The van der Waals surface area contributed by atoms with Crippen LogP contribution in [0.4, 0.5) is 0 Å². The van der Waals surface area contributed by atoms with Crippen molar-refractivity contribution in [1.29, 1.82) is 0 Å². The molecule has 2 aromatic carbocycles. The first-order chi connectivity index (χ1) is 13.3. The monoisotopic (exact) mass is 356 g/mol. The highest BCUT2D eigenvalue weighted by Gasteiger charge is 2.20. The summed E-state index contributed by atoms with van der Waals surface area (Å²) in [4.78, 5) is 19.1. The zero-order valence-electron chi connectivity index (χ0n) is 14.9.